The number of carbonyl (C=O) groups is 2. The zero-order chi connectivity index (χ0) is 28.0. The molecule has 0 radical (unpaired) electrons. The van der Waals surface area contributed by atoms with Gasteiger partial charge in [-0.2, -0.15) is 18.4 Å². The predicted octanol–water partition coefficient (Wildman–Crippen LogP) is 4.22. The SMILES string of the molecule is CCC(N1C(=S)N(c2ccc(C#N)c(C(F)(F)F)c2)C(=O)C1(C)C)S(=O)(=O)N(C)C(=O)OC(C)(C)C. The summed E-state index contributed by atoms with van der Waals surface area (Å²) in [7, 11) is -3.48. The van der Waals surface area contributed by atoms with Crippen LogP contribution >= 0.6 is 12.2 Å². The monoisotopic (exact) mass is 548 g/mol. The number of ether oxygens (including phenoxy) is 1. The molecule has 9 nitrogen and oxygen atoms in total. The molecule has 0 bridgehead atoms. The highest BCUT2D eigenvalue weighted by Gasteiger charge is 2.55. The highest BCUT2D eigenvalue weighted by atomic mass is 32.2. The van der Waals surface area contributed by atoms with Crippen LogP contribution < -0.4 is 4.90 Å². The number of sulfonamides is 1. The quantitative estimate of drug-likeness (QED) is 0.503. The van der Waals surface area contributed by atoms with Crippen LogP contribution in [-0.4, -0.2) is 58.3 Å². The number of carbonyl (C=O) groups excluding carboxylic acids is 2. The van der Waals surface area contributed by atoms with E-state index in [1.165, 1.54) is 26.8 Å². The van der Waals surface area contributed by atoms with Crippen LogP contribution in [0.5, 0.6) is 0 Å². The van der Waals surface area contributed by atoms with Crippen LogP contribution in [0.3, 0.4) is 0 Å². The second kappa shape index (κ2) is 9.51. The minimum absolute atomic E-state index is 0.124. The number of halogens is 3. The van der Waals surface area contributed by atoms with Gasteiger partial charge in [-0.3, -0.25) is 9.69 Å². The van der Waals surface area contributed by atoms with Crippen LogP contribution in [0.15, 0.2) is 18.2 Å². The van der Waals surface area contributed by atoms with Gasteiger partial charge in [-0.1, -0.05) is 6.92 Å². The highest BCUT2D eigenvalue weighted by Crippen LogP contribution is 2.39. The third kappa shape index (κ3) is 5.27. The van der Waals surface area contributed by atoms with Crippen molar-refractivity contribution in [3.63, 3.8) is 0 Å². The van der Waals surface area contributed by atoms with E-state index in [4.69, 9.17) is 22.2 Å². The summed E-state index contributed by atoms with van der Waals surface area (Å²) in [6, 6.07) is 4.11. The first-order valence-corrected chi connectivity index (χ1v) is 12.6. The number of rotatable bonds is 5. The minimum Gasteiger partial charge on any atom is -0.443 e. The molecule has 1 atom stereocenters. The summed E-state index contributed by atoms with van der Waals surface area (Å²) in [5.41, 5.74) is -4.78. The van der Waals surface area contributed by atoms with Crippen LogP contribution in [0.1, 0.15) is 59.1 Å². The summed E-state index contributed by atoms with van der Waals surface area (Å²) in [6.45, 7) is 8.93. The van der Waals surface area contributed by atoms with Gasteiger partial charge < -0.3 is 9.64 Å². The molecule has 1 aromatic rings. The molecule has 2 rings (SSSR count). The van der Waals surface area contributed by atoms with E-state index in [1.807, 2.05) is 0 Å². The lowest BCUT2D eigenvalue weighted by atomic mass is 10.0. The minimum atomic E-state index is -4.88. The molecule has 1 aromatic carbocycles. The number of hydrogen-bond acceptors (Lipinski definition) is 7. The molecule has 14 heteroatoms. The zero-order valence-corrected chi connectivity index (χ0v) is 22.4. The molecule has 0 aromatic heterocycles. The van der Waals surface area contributed by atoms with Gasteiger partial charge in [0.05, 0.1) is 22.9 Å². The topological polar surface area (TPSA) is 111 Å². The maximum atomic E-state index is 13.5. The van der Waals surface area contributed by atoms with E-state index in [0.29, 0.717) is 10.4 Å². The maximum Gasteiger partial charge on any atom is 0.423 e. The molecule has 2 amide bonds. The van der Waals surface area contributed by atoms with Crippen molar-refractivity contribution in [2.45, 2.75) is 70.7 Å². The molecule has 36 heavy (non-hydrogen) atoms. The van der Waals surface area contributed by atoms with E-state index in [-0.39, 0.29) is 17.2 Å². The fraction of sp³-hybridized carbons (Fsp3) is 0.545. The Kier molecular flexibility index (Phi) is 7.74. The molecular formula is C22H27F3N4O5S2. The number of hydrogen-bond donors (Lipinski definition) is 0. The van der Waals surface area contributed by atoms with E-state index < -0.39 is 55.8 Å². The van der Waals surface area contributed by atoms with Crippen molar-refractivity contribution < 1.29 is 35.9 Å². The molecule has 1 fully saturated rings. The van der Waals surface area contributed by atoms with E-state index >= 15 is 0 Å². The third-order valence-electron chi connectivity index (χ3n) is 5.43. The van der Waals surface area contributed by atoms with Crippen LogP contribution in [0.4, 0.5) is 23.7 Å². The summed E-state index contributed by atoms with van der Waals surface area (Å²) >= 11 is 5.40. The first kappa shape index (κ1) is 29.3. The number of amides is 2. The van der Waals surface area contributed by atoms with Crippen molar-refractivity contribution in [2.24, 2.45) is 0 Å². The molecule has 1 saturated heterocycles. The van der Waals surface area contributed by atoms with Gasteiger partial charge in [-0.25, -0.2) is 17.5 Å². The summed E-state index contributed by atoms with van der Waals surface area (Å²) < 4.78 is 73.0. The Hall–Kier alpha value is -2.92. The van der Waals surface area contributed by atoms with Crippen molar-refractivity contribution >= 4 is 45.0 Å². The second-order valence-corrected chi connectivity index (χ2v) is 12.0. The van der Waals surface area contributed by atoms with Gasteiger partial charge in [0.2, 0.25) is 0 Å². The molecule has 1 aliphatic heterocycles. The lowest BCUT2D eigenvalue weighted by molar-refractivity contribution is -0.137. The predicted molar refractivity (Wildman–Crippen MR) is 129 cm³/mol. The molecule has 0 aliphatic carbocycles. The van der Waals surface area contributed by atoms with Crippen molar-refractivity contribution in [1.29, 1.82) is 5.26 Å². The van der Waals surface area contributed by atoms with Crippen LogP contribution in [0, 0.1) is 11.3 Å². The summed E-state index contributed by atoms with van der Waals surface area (Å²) in [5.74, 6) is -0.779. The fourth-order valence-corrected chi connectivity index (χ4v) is 5.94. The number of thiocarbonyl (C=S) groups is 1. The first-order chi connectivity index (χ1) is 16.2. The number of benzene rings is 1. The molecule has 1 heterocycles. The van der Waals surface area contributed by atoms with E-state index in [2.05, 4.69) is 0 Å². The number of nitrogens with zero attached hydrogens (tertiary/aromatic N) is 4. The number of alkyl halides is 3. The second-order valence-electron chi connectivity index (χ2n) is 9.55. The summed E-state index contributed by atoms with van der Waals surface area (Å²) in [5, 5.41) is 7.17. The van der Waals surface area contributed by atoms with Crippen molar-refractivity contribution in [2.75, 3.05) is 11.9 Å². The van der Waals surface area contributed by atoms with E-state index in [0.717, 1.165) is 29.0 Å². The number of nitriles is 1. The molecule has 0 saturated carbocycles. The normalized spacial score (nSPS) is 17.1. The van der Waals surface area contributed by atoms with E-state index in [9.17, 15) is 31.2 Å². The molecule has 1 aliphatic rings. The van der Waals surface area contributed by atoms with Gasteiger partial charge in [-0.15, -0.1) is 0 Å². The first-order valence-electron chi connectivity index (χ1n) is 10.7. The van der Waals surface area contributed by atoms with E-state index in [1.54, 1.807) is 20.8 Å². The Morgan fingerprint density at radius 1 is 1.28 bits per heavy atom. The summed E-state index contributed by atoms with van der Waals surface area (Å²) in [6.07, 6.45) is -6.15. The molecule has 1 unspecified atom stereocenters. The Bertz CT molecular complexity index is 1230. The van der Waals surface area contributed by atoms with Gasteiger partial charge in [0.15, 0.2) is 10.5 Å². The Labute approximate surface area is 213 Å². The number of anilines is 1. The Morgan fingerprint density at radius 3 is 2.28 bits per heavy atom. The molecular weight excluding hydrogens is 521 g/mol. The van der Waals surface area contributed by atoms with Crippen molar-refractivity contribution in [3.05, 3.63) is 29.3 Å². The van der Waals surface area contributed by atoms with Gasteiger partial charge in [0.25, 0.3) is 15.9 Å². The largest absolute Gasteiger partial charge is 0.443 e. The van der Waals surface area contributed by atoms with Crippen molar-refractivity contribution in [1.82, 2.24) is 9.21 Å². The Morgan fingerprint density at radius 2 is 1.83 bits per heavy atom. The Balaban J connectivity index is 2.59. The summed E-state index contributed by atoms with van der Waals surface area (Å²) in [4.78, 5) is 27.7. The zero-order valence-electron chi connectivity index (χ0n) is 20.8. The van der Waals surface area contributed by atoms with Crippen LogP contribution in [0.2, 0.25) is 0 Å². The fourth-order valence-electron chi connectivity index (χ4n) is 3.66. The average molecular weight is 549 g/mol. The smallest absolute Gasteiger partial charge is 0.423 e. The third-order valence-corrected chi connectivity index (χ3v) is 7.95. The standard InChI is InChI=1S/C22H27F3N4O5S2/c1-8-16(36(32,33)27(7)19(31)34-20(2,3)4)29-18(35)28(17(30)21(29,5)6)14-10-9-13(12-26)15(11-14)22(23,24)25/h9-11,16H,8H2,1-7H3. The maximum absolute atomic E-state index is 13.5. The lowest BCUT2D eigenvalue weighted by Crippen LogP contribution is -2.56. The molecule has 0 N–H and O–H groups in total. The van der Waals surface area contributed by atoms with Gasteiger partial charge in [-0.05, 0) is 71.5 Å². The molecule has 0 spiro atoms. The van der Waals surface area contributed by atoms with Gasteiger partial charge in [0, 0.05) is 7.05 Å². The highest BCUT2D eigenvalue weighted by molar-refractivity contribution is 7.90. The van der Waals surface area contributed by atoms with Crippen LogP contribution in [-0.2, 0) is 25.7 Å². The van der Waals surface area contributed by atoms with Gasteiger partial charge >= 0.3 is 12.3 Å². The van der Waals surface area contributed by atoms with Crippen LogP contribution in [0.25, 0.3) is 0 Å². The van der Waals surface area contributed by atoms with Gasteiger partial charge in [0.1, 0.15) is 11.1 Å². The van der Waals surface area contributed by atoms with Crippen molar-refractivity contribution in [3.8, 4) is 6.07 Å². The lowest BCUT2D eigenvalue weighted by Gasteiger charge is -2.37. The average Bonchev–Trinajstić information content (AvgIpc) is 2.90. The molecule has 198 valence electrons.